The van der Waals surface area contributed by atoms with Crippen LogP contribution in [0.1, 0.15) is 84.4 Å². The van der Waals surface area contributed by atoms with Crippen molar-refractivity contribution in [3.63, 3.8) is 0 Å². The number of epoxide rings is 1. The van der Waals surface area contributed by atoms with Crippen LogP contribution in [0, 0.1) is 11.8 Å². The third-order valence-corrected chi connectivity index (χ3v) is 18.4. The molecule has 3 aliphatic rings. The summed E-state index contributed by atoms with van der Waals surface area (Å²) in [6, 6.07) is 12.6. The van der Waals surface area contributed by atoms with Crippen LogP contribution in [0.15, 0.2) is 66.3 Å². The van der Waals surface area contributed by atoms with Gasteiger partial charge in [0.15, 0.2) is 15.6 Å². The molecule has 1 aromatic heterocycles. The van der Waals surface area contributed by atoms with Gasteiger partial charge in [-0.3, -0.25) is 34.2 Å². The summed E-state index contributed by atoms with van der Waals surface area (Å²) >= 11 is 6.83. The Morgan fingerprint density at radius 1 is 1.02 bits per heavy atom. The summed E-state index contributed by atoms with van der Waals surface area (Å²) in [5, 5.41) is 27.7. The first-order chi connectivity index (χ1) is 40.7. The highest BCUT2D eigenvalue weighted by Crippen LogP contribution is 2.49. The predicted octanol–water partition coefficient (Wildman–Crippen LogP) is 5.49. The van der Waals surface area contributed by atoms with E-state index in [0.29, 0.717) is 30.9 Å². The van der Waals surface area contributed by atoms with Gasteiger partial charge in [0.05, 0.1) is 63.3 Å². The molecule has 0 aliphatic carbocycles. The van der Waals surface area contributed by atoms with Crippen molar-refractivity contribution in [2.24, 2.45) is 11.8 Å². The van der Waals surface area contributed by atoms with Crippen molar-refractivity contribution in [2.75, 3.05) is 97.8 Å². The maximum Gasteiger partial charge on any atom is 0.409 e. The van der Waals surface area contributed by atoms with Crippen LogP contribution in [-0.4, -0.2) is 203 Å². The summed E-state index contributed by atoms with van der Waals surface area (Å²) in [7, 11) is 4.33. The van der Waals surface area contributed by atoms with Gasteiger partial charge >= 0.3 is 18.0 Å². The Labute approximate surface area is 509 Å². The topological polar surface area (TPSA) is 284 Å². The second-order valence-corrected chi connectivity index (χ2v) is 25.5. The number of ether oxygens (including phenoxy) is 7. The zero-order valence-electron chi connectivity index (χ0n) is 51.1. The number of hydrogen-bond acceptors (Lipinski definition) is 18. The molecule has 4 heterocycles. The number of carbonyl (C=O) groups is 6. The normalized spacial score (nSPS) is 24.5. The highest BCUT2D eigenvalue weighted by molar-refractivity contribution is 7.91. The predicted molar refractivity (Wildman–Crippen MR) is 323 cm³/mol. The molecule has 9 atom stereocenters. The van der Waals surface area contributed by atoms with Crippen molar-refractivity contribution in [3.05, 3.63) is 82.5 Å². The maximum absolute atomic E-state index is 14.4. The Balaban J connectivity index is 0.979. The fraction of sp³-hybridized carbons (Fsp3) is 0.607. The van der Waals surface area contributed by atoms with Crippen LogP contribution in [0.2, 0.25) is 5.02 Å². The van der Waals surface area contributed by atoms with Gasteiger partial charge in [0, 0.05) is 89.1 Å². The minimum atomic E-state index is -3.69. The molecule has 3 amide bonds. The van der Waals surface area contributed by atoms with Gasteiger partial charge < -0.3 is 63.1 Å². The first-order valence-electron chi connectivity index (χ1n) is 29.1. The standard InChI is InChI=1S/C61H87ClN6O17S/c1-11-65(6)38-45-34-43-16-12-13-17-47(43)68(45)23-21-46(69)35-44(19-20-54(71)72)57(73)63-22-25-81-26-27-82-28-30-86(77,78)29-24-66(7)41(4)58(74)84-52-36-53(70)67(8)48-32-42(33-49(79-9)55(48)62)31-39(2)15-14-18-51(80-10)61(76)37-50(83-59(75)64-61)40(3)56-60(52,5)85-56/h12-18,32-34,40-41,44,50-52,56,76H,11,19-31,35-38H2,1-10H3,(H,63,73)(H,64,75)(H,71,72)/b18-14+,39-15+/t40-,41+,44-,50+,51-,52+,56+,60+,61+/m1/s1. The highest BCUT2D eigenvalue weighted by atomic mass is 35.5. The van der Waals surface area contributed by atoms with Crippen molar-refractivity contribution in [2.45, 2.75) is 134 Å². The van der Waals surface area contributed by atoms with E-state index in [0.717, 1.165) is 34.3 Å². The Morgan fingerprint density at radius 3 is 2.44 bits per heavy atom. The quantitative estimate of drug-likeness (QED) is 0.0380. The minimum Gasteiger partial charge on any atom is -0.495 e. The lowest BCUT2D eigenvalue weighted by atomic mass is 9.83. The number of aliphatic carboxylic acids is 1. The van der Waals surface area contributed by atoms with E-state index >= 15 is 0 Å². The molecule has 2 aromatic carbocycles. The van der Waals surface area contributed by atoms with Gasteiger partial charge in [0.1, 0.15) is 46.5 Å². The molecule has 0 unspecified atom stereocenters. The van der Waals surface area contributed by atoms with E-state index < -0.39 is 93.3 Å². The van der Waals surface area contributed by atoms with Gasteiger partial charge in [0.25, 0.3) is 0 Å². The third kappa shape index (κ3) is 18.8. The lowest BCUT2D eigenvalue weighted by Crippen LogP contribution is -2.63. The van der Waals surface area contributed by atoms with Crippen LogP contribution >= 0.6 is 11.6 Å². The van der Waals surface area contributed by atoms with E-state index in [-0.39, 0.29) is 100 Å². The summed E-state index contributed by atoms with van der Waals surface area (Å²) in [6.07, 6.45) is 0.177. The van der Waals surface area contributed by atoms with Crippen molar-refractivity contribution < 1.29 is 80.6 Å². The maximum atomic E-state index is 14.4. The Morgan fingerprint density at radius 2 is 1.74 bits per heavy atom. The number of carbonyl (C=O) groups excluding carboxylic acids is 5. The first kappa shape index (κ1) is 69.1. The highest BCUT2D eigenvalue weighted by Gasteiger charge is 2.64. The number of halogens is 1. The summed E-state index contributed by atoms with van der Waals surface area (Å²) in [5.41, 5.74) is 0.894. The number of fused-ring (bicyclic) bond motifs is 6. The largest absolute Gasteiger partial charge is 0.495 e. The molecule has 3 aliphatic heterocycles. The number of para-hydroxylation sites is 1. The van der Waals surface area contributed by atoms with Gasteiger partial charge in [-0.2, -0.15) is 0 Å². The van der Waals surface area contributed by atoms with Crippen molar-refractivity contribution >= 4 is 73.7 Å². The fourth-order valence-corrected chi connectivity index (χ4v) is 12.2. The van der Waals surface area contributed by atoms with Gasteiger partial charge in [-0.25, -0.2) is 13.2 Å². The first-order valence-corrected chi connectivity index (χ1v) is 31.3. The Kier molecular flexibility index (Phi) is 25.2. The molecule has 23 nitrogen and oxygen atoms in total. The molecule has 4 bridgehead atoms. The molecule has 0 spiro atoms. The zero-order chi connectivity index (χ0) is 63.1. The number of allylic oxidation sites excluding steroid dienone is 3. The van der Waals surface area contributed by atoms with Crippen molar-refractivity contribution in [1.82, 2.24) is 25.0 Å². The number of likely N-dealkylation sites (N-methyl/N-ethyl adjacent to an activating group) is 1. The number of esters is 1. The number of aryl methyl sites for hydroxylation is 1. The van der Waals surface area contributed by atoms with Crippen LogP contribution in [-0.2, 0) is 81.7 Å². The second kappa shape index (κ2) is 31.3. The second-order valence-electron chi connectivity index (χ2n) is 22.8. The van der Waals surface area contributed by atoms with E-state index in [1.807, 2.05) is 44.3 Å². The number of rotatable bonds is 29. The summed E-state index contributed by atoms with van der Waals surface area (Å²) < 4.78 is 69.1. The number of nitrogens with one attached hydrogen (secondary N) is 2. The lowest BCUT2D eigenvalue weighted by Gasteiger charge is -2.42. The van der Waals surface area contributed by atoms with Crippen LogP contribution in [0.5, 0.6) is 5.75 Å². The van der Waals surface area contributed by atoms with Gasteiger partial charge in [-0.15, -0.1) is 0 Å². The fourth-order valence-electron chi connectivity index (χ4n) is 10.8. The number of nitrogens with zero attached hydrogens (tertiary/aromatic N) is 4. The molecule has 3 aromatic rings. The molecule has 86 heavy (non-hydrogen) atoms. The average molecular weight is 1240 g/mol. The number of amides is 3. The number of benzene rings is 2. The molecule has 0 saturated carbocycles. The lowest BCUT2D eigenvalue weighted by molar-refractivity contribution is -0.159. The van der Waals surface area contributed by atoms with Gasteiger partial charge in [-0.1, -0.05) is 67.4 Å². The van der Waals surface area contributed by atoms with E-state index in [4.69, 9.17) is 44.8 Å². The van der Waals surface area contributed by atoms with E-state index in [2.05, 4.69) is 33.1 Å². The monoisotopic (exact) mass is 1240 g/mol. The Bertz CT molecular complexity index is 3050. The molecule has 25 heteroatoms. The van der Waals surface area contributed by atoms with Crippen LogP contribution in [0.4, 0.5) is 10.5 Å². The number of alkyl carbamates (subject to hydrolysis) is 1. The van der Waals surface area contributed by atoms with E-state index in [1.165, 1.54) is 24.0 Å². The van der Waals surface area contributed by atoms with Gasteiger partial charge in [-0.05, 0) is 89.5 Å². The number of anilines is 1. The van der Waals surface area contributed by atoms with E-state index in [9.17, 15) is 47.4 Å². The average Bonchev–Trinajstić information content (AvgIpc) is 1.60. The van der Waals surface area contributed by atoms with Crippen LogP contribution < -0.4 is 20.3 Å². The number of aliphatic hydroxyl groups is 1. The van der Waals surface area contributed by atoms with Crippen molar-refractivity contribution in [1.29, 1.82) is 0 Å². The minimum absolute atomic E-state index is 0.00317. The summed E-state index contributed by atoms with van der Waals surface area (Å²) in [4.78, 5) is 84.6. The number of Topliss-reactive ketones (excluding diaryl/α,β-unsaturated/α-hetero) is 1. The number of ketones is 1. The summed E-state index contributed by atoms with van der Waals surface area (Å²) in [6.45, 7) is 11.1. The summed E-state index contributed by atoms with van der Waals surface area (Å²) in [5.74, 6) is -4.67. The smallest absolute Gasteiger partial charge is 0.409 e. The molecule has 0 radical (unpaired) electrons. The van der Waals surface area contributed by atoms with Gasteiger partial charge in [0.2, 0.25) is 11.8 Å². The molecule has 6 rings (SSSR count). The Hall–Kier alpha value is -5.96. The number of methoxy groups -OCH3 is 2. The molecule has 2 fully saturated rings. The van der Waals surface area contributed by atoms with E-state index in [1.54, 1.807) is 59.2 Å². The van der Waals surface area contributed by atoms with Crippen LogP contribution in [0.25, 0.3) is 10.9 Å². The van der Waals surface area contributed by atoms with Crippen molar-refractivity contribution in [3.8, 4) is 5.75 Å². The molecular formula is C61H87ClN6O17S. The molecule has 4 N–H and O–H groups in total. The molecule has 2 saturated heterocycles. The number of sulfone groups is 1. The number of hydrogen-bond donors (Lipinski definition) is 4. The molecule has 476 valence electrons. The molecular weight excluding hydrogens is 1160 g/mol. The SMILES string of the molecule is CCN(C)Cc1cc2ccccc2n1CCC(=O)C[C@@H](CCC(=O)O)C(=O)NCCOCCOCCS(=O)(=O)CCN(C)[C@@H](C)C(=O)O[C@H]1CC(=O)N(C)c2cc(cc(OC)c2Cl)C/C(C)=C/C=C/[C@@H](OC)[C@@]2(O)C[C@H](OC(=O)N2)[C@@H](C)[C@@H]2O[C@@]12C. The third-order valence-electron chi connectivity index (χ3n) is 16.5. The number of carboxylic acids is 1. The number of carboxylic acid groups (broad SMARTS) is 1. The number of aromatic nitrogens is 1. The van der Waals surface area contributed by atoms with Crippen LogP contribution in [0.3, 0.4) is 0 Å². The zero-order valence-corrected chi connectivity index (χ0v) is 52.7.